The molecule has 0 spiro atoms. The summed E-state index contributed by atoms with van der Waals surface area (Å²) in [6.07, 6.45) is 1.76. The van der Waals surface area contributed by atoms with Crippen molar-refractivity contribution in [3.8, 4) is 0 Å². The zero-order valence-electron chi connectivity index (χ0n) is 7.48. The van der Waals surface area contributed by atoms with Crippen molar-refractivity contribution >= 4 is 11.6 Å². The maximum Gasteiger partial charge on any atom is 0.0647 e. The SMILES string of the molecule is CC.Cc1ccnc(C)c1Cl. The number of hydrogen-bond donors (Lipinski definition) is 0. The zero-order valence-corrected chi connectivity index (χ0v) is 8.24. The first-order chi connectivity index (χ1) is 5.22. The molecule has 1 rings (SSSR count). The molecule has 62 valence electrons. The van der Waals surface area contributed by atoms with Crippen molar-refractivity contribution in [3.05, 3.63) is 28.5 Å². The van der Waals surface area contributed by atoms with Crippen molar-refractivity contribution in [2.24, 2.45) is 0 Å². The predicted molar refractivity (Wildman–Crippen MR) is 50.1 cm³/mol. The average molecular weight is 172 g/mol. The van der Waals surface area contributed by atoms with Gasteiger partial charge in [0.2, 0.25) is 0 Å². The second kappa shape index (κ2) is 5.14. The first kappa shape index (κ1) is 10.4. The highest BCUT2D eigenvalue weighted by Gasteiger charge is 1.96. The van der Waals surface area contributed by atoms with E-state index >= 15 is 0 Å². The van der Waals surface area contributed by atoms with Crippen LogP contribution in [0, 0.1) is 13.8 Å². The lowest BCUT2D eigenvalue weighted by Gasteiger charge is -1.97. The van der Waals surface area contributed by atoms with Crippen LogP contribution in [0.5, 0.6) is 0 Å². The lowest BCUT2D eigenvalue weighted by molar-refractivity contribution is 1.18. The van der Waals surface area contributed by atoms with Crippen LogP contribution in [0.15, 0.2) is 12.3 Å². The molecule has 0 bridgehead atoms. The number of pyridine rings is 1. The summed E-state index contributed by atoms with van der Waals surface area (Å²) in [5, 5.41) is 0.775. The van der Waals surface area contributed by atoms with E-state index < -0.39 is 0 Å². The van der Waals surface area contributed by atoms with E-state index in [1.807, 2.05) is 33.8 Å². The van der Waals surface area contributed by atoms with Crippen LogP contribution in [0.1, 0.15) is 25.1 Å². The van der Waals surface area contributed by atoms with Crippen molar-refractivity contribution in [3.63, 3.8) is 0 Å². The van der Waals surface area contributed by atoms with Gasteiger partial charge in [-0.15, -0.1) is 0 Å². The second-order valence-electron chi connectivity index (χ2n) is 2.03. The minimum absolute atomic E-state index is 0.775. The molecule has 0 N–H and O–H groups in total. The van der Waals surface area contributed by atoms with Crippen LogP contribution in [0.25, 0.3) is 0 Å². The molecule has 0 aliphatic rings. The second-order valence-corrected chi connectivity index (χ2v) is 2.41. The summed E-state index contributed by atoms with van der Waals surface area (Å²) in [5.74, 6) is 0. The van der Waals surface area contributed by atoms with E-state index in [9.17, 15) is 0 Å². The third-order valence-corrected chi connectivity index (χ3v) is 1.83. The molecule has 0 aliphatic heterocycles. The van der Waals surface area contributed by atoms with Gasteiger partial charge in [-0.2, -0.15) is 0 Å². The maximum absolute atomic E-state index is 5.82. The minimum Gasteiger partial charge on any atom is -0.260 e. The molecule has 1 aromatic heterocycles. The largest absolute Gasteiger partial charge is 0.260 e. The quantitative estimate of drug-likeness (QED) is 0.583. The molecular weight excluding hydrogens is 158 g/mol. The Balaban J connectivity index is 0.000000461. The number of aromatic nitrogens is 1. The van der Waals surface area contributed by atoms with Crippen molar-refractivity contribution in [1.82, 2.24) is 4.98 Å². The van der Waals surface area contributed by atoms with E-state index in [4.69, 9.17) is 11.6 Å². The highest BCUT2D eigenvalue weighted by molar-refractivity contribution is 6.31. The lowest BCUT2D eigenvalue weighted by atomic mass is 10.2. The number of hydrogen-bond acceptors (Lipinski definition) is 1. The van der Waals surface area contributed by atoms with Gasteiger partial charge in [0.1, 0.15) is 0 Å². The molecular formula is C9H14ClN. The summed E-state index contributed by atoms with van der Waals surface area (Å²) in [7, 11) is 0. The van der Waals surface area contributed by atoms with Crippen LogP contribution >= 0.6 is 11.6 Å². The van der Waals surface area contributed by atoms with Crippen LogP contribution in [0.4, 0.5) is 0 Å². The highest BCUT2D eigenvalue weighted by atomic mass is 35.5. The van der Waals surface area contributed by atoms with Crippen molar-refractivity contribution < 1.29 is 0 Å². The molecule has 0 atom stereocenters. The van der Waals surface area contributed by atoms with Crippen LogP contribution in [0.3, 0.4) is 0 Å². The van der Waals surface area contributed by atoms with Crippen LogP contribution in [-0.2, 0) is 0 Å². The van der Waals surface area contributed by atoms with Crippen LogP contribution in [-0.4, -0.2) is 4.98 Å². The highest BCUT2D eigenvalue weighted by Crippen LogP contribution is 2.15. The summed E-state index contributed by atoms with van der Waals surface area (Å²) in [6, 6.07) is 1.90. The van der Waals surface area contributed by atoms with Gasteiger partial charge in [0.05, 0.1) is 10.7 Å². The van der Waals surface area contributed by atoms with Gasteiger partial charge in [0, 0.05) is 6.20 Å². The Hall–Kier alpha value is -0.560. The monoisotopic (exact) mass is 171 g/mol. The van der Waals surface area contributed by atoms with Gasteiger partial charge in [-0.1, -0.05) is 25.4 Å². The zero-order chi connectivity index (χ0) is 8.85. The molecule has 0 amide bonds. The predicted octanol–water partition coefficient (Wildman–Crippen LogP) is 3.38. The Morgan fingerprint density at radius 1 is 1.27 bits per heavy atom. The normalized spacial score (nSPS) is 8.45. The molecule has 11 heavy (non-hydrogen) atoms. The Morgan fingerprint density at radius 3 is 2.18 bits per heavy atom. The van der Waals surface area contributed by atoms with E-state index in [0.29, 0.717) is 0 Å². The first-order valence-corrected chi connectivity index (χ1v) is 4.17. The smallest absolute Gasteiger partial charge is 0.0647 e. The summed E-state index contributed by atoms with van der Waals surface area (Å²) < 4.78 is 0. The van der Waals surface area contributed by atoms with Gasteiger partial charge in [-0.3, -0.25) is 4.98 Å². The van der Waals surface area contributed by atoms with Gasteiger partial charge in [-0.05, 0) is 25.5 Å². The first-order valence-electron chi connectivity index (χ1n) is 3.79. The molecule has 1 heterocycles. The van der Waals surface area contributed by atoms with E-state index in [0.717, 1.165) is 16.3 Å². The van der Waals surface area contributed by atoms with Gasteiger partial charge in [-0.25, -0.2) is 0 Å². The third kappa shape index (κ3) is 2.89. The molecule has 2 heteroatoms. The average Bonchev–Trinajstić information content (AvgIpc) is 2.04. The van der Waals surface area contributed by atoms with E-state index in [-0.39, 0.29) is 0 Å². The minimum atomic E-state index is 0.775. The van der Waals surface area contributed by atoms with Crippen LogP contribution < -0.4 is 0 Å². The van der Waals surface area contributed by atoms with Gasteiger partial charge >= 0.3 is 0 Å². The number of aryl methyl sites for hydroxylation is 2. The maximum atomic E-state index is 5.82. The third-order valence-electron chi connectivity index (χ3n) is 1.26. The van der Waals surface area contributed by atoms with E-state index in [1.165, 1.54) is 0 Å². The lowest BCUT2D eigenvalue weighted by Crippen LogP contribution is -1.83. The molecule has 1 aromatic rings. The van der Waals surface area contributed by atoms with Crippen LogP contribution in [0.2, 0.25) is 5.02 Å². The van der Waals surface area contributed by atoms with Gasteiger partial charge in [0.25, 0.3) is 0 Å². The topological polar surface area (TPSA) is 12.9 Å². The Bertz CT molecular complexity index is 201. The molecule has 0 radical (unpaired) electrons. The Kier molecular flexibility index (Phi) is 4.88. The number of rotatable bonds is 0. The van der Waals surface area contributed by atoms with Gasteiger partial charge in [0.15, 0.2) is 0 Å². The Morgan fingerprint density at radius 2 is 1.82 bits per heavy atom. The van der Waals surface area contributed by atoms with E-state index in [2.05, 4.69) is 4.98 Å². The fourth-order valence-corrected chi connectivity index (χ4v) is 0.788. The molecule has 0 fully saturated rings. The fraction of sp³-hybridized carbons (Fsp3) is 0.444. The van der Waals surface area contributed by atoms with Crippen molar-refractivity contribution in [2.45, 2.75) is 27.7 Å². The molecule has 0 aromatic carbocycles. The number of nitrogens with zero attached hydrogens (tertiary/aromatic N) is 1. The van der Waals surface area contributed by atoms with Crippen molar-refractivity contribution in [1.29, 1.82) is 0 Å². The summed E-state index contributed by atoms with van der Waals surface area (Å²) >= 11 is 5.82. The van der Waals surface area contributed by atoms with Gasteiger partial charge < -0.3 is 0 Å². The van der Waals surface area contributed by atoms with Crippen molar-refractivity contribution in [2.75, 3.05) is 0 Å². The molecule has 0 saturated carbocycles. The number of halogens is 1. The fourth-order valence-electron chi connectivity index (χ4n) is 0.676. The summed E-state index contributed by atoms with van der Waals surface area (Å²) in [6.45, 7) is 7.87. The van der Waals surface area contributed by atoms with E-state index in [1.54, 1.807) is 6.20 Å². The Labute approximate surface area is 73.4 Å². The molecule has 1 nitrogen and oxygen atoms in total. The summed E-state index contributed by atoms with van der Waals surface area (Å²) in [5.41, 5.74) is 1.99. The summed E-state index contributed by atoms with van der Waals surface area (Å²) in [4.78, 5) is 4.01. The molecule has 0 saturated heterocycles. The molecule has 0 aliphatic carbocycles. The standard InChI is InChI=1S/C7H8ClN.C2H6/c1-5-3-4-9-6(2)7(5)8;1-2/h3-4H,1-2H3;1-2H3. The molecule has 0 unspecified atom stereocenters.